The van der Waals surface area contributed by atoms with E-state index in [-0.39, 0.29) is 4.90 Å². The van der Waals surface area contributed by atoms with E-state index in [0.717, 1.165) is 16.4 Å². The Morgan fingerprint density at radius 2 is 1.83 bits per heavy atom. The normalized spacial score (nSPS) is 11.2. The highest BCUT2D eigenvalue weighted by Gasteiger charge is 2.08. The molecule has 0 saturated carbocycles. The number of aromatic nitrogens is 1. The SMILES string of the molecule is Cc1ccc(S(=O)(=O)[N-][n+]2cccc(F)c2)cc1. The van der Waals surface area contributed by atoms with Gasteiger partial charge >= 0.3 is 0 Å². The van der Waals surface area contributed by atoms with Gasteiger partial charge in [-0.05, 0) is 25.1 Å². The largest absolute Gasteiger partial charge is 0.318 e. The fourth-order valence-corrected chi connectivity index (χ4v) is 2.29. The second-order valence-corrected chi connectivity index (χ2v) is 5.36. The summed E-state index contributed by atoms with van der Waals surface area (Å²) in [4.78, 5) is 3.57. The second-order valence-electron chi connectivity index (χ2n) is 3.77. The number of hydrogen-bond donors (Lipinski definition) is 0. The van der Waals surface area contributed by atoms with Gasteiger partial charge in [-0.2, -0.15) is 0 Å². The van der Waals surface area contributed by atoms with Gasteiger partial charge in [0, 0.05) is 6.07 Å². The number of benzene rings is 1. The van der Waals surface area contributed by atoms with Gasteiger partial charge in [-0.3, -0.25) is 0 Å². The van der Waals surface area contributed by atoms with E-state index in [1.54, 1.807) is 12.1 Å². The van der Waals surface area contributed by atoms with Crippen molar-refractivity contribution in [2.24, 2.45) is 0 Å². The predicted octanol–water partition coefficient (Wildman–Crippen LogP) is 1.95. The Balaban J connectivity index is 2.30. The predicted molar refractivity (Wildman–Crippen MR) is 63.7 cm³/mol. The van der Waals surface area contributed by atoms with Crippen molar-refractivity contribution in [2.75, 3.05) is 0 Å². The van der Waals surface area contributed by atoms with E-state index < -0.39 is 15.8 Å². The lowest BCUT2D eigenvalue weighted by molar-refractivity contribution is -0.615. The Hall–Kier alpha value is -1.95. The topological polar surface area (TPSA) is 52.1 Å². The summed E-state index contributed by atoms with van der Waals surface area (Å²) in [6.45, 7) is 1.86. The molecule has 0 N–H and O–H groups in total. The van der Waals surface area contributed by atoms with Gasteiger partial charge in [0.25, 0.3) is 0 Å². The minimum Gasteiger partial charge on any atom is -0.318 e. The average molecular weight is 266 g/mol. The summed E-state index contributed by atoms with van der Waals surface area (Å²) in [6, 6.07) is 8.88. The molecule has 0 saturated heterocycles. The number of nitrogens with zero attached hydrogens (tertiary/aromatic N) is 2. The number of hydrogen-bond acceptors (Lipinski definition) is 2. The van der Waals surface area contributed by atoms with Crippen LogP contribution in [0.3, 0.4) is 0 Å². The van der Waals surface area contributed by atoms with Gasteiger partial charge < -0.3 is 4.83 Å². The van der Waals surface area contributed by atoms with Crippen LogP contribution < -0.4 is 4.68 Å². The fraction of sp³-hybridized carbons (Fsp3) is 0.0833. The summed E-state index contributed by atoms with van der Waals surface area (Å²) >= 11 is 0. The molecule has 0 aliphatic rings. The maximum atomic E-state index is 12.9. The highest BCUT2D eigenvalue weighted by Crippen LogP contribution is 2.15. The average Bonchev–Trinajstić information content (AvgIpc) is 2.29. The number of pyridine rings is 1. The lowest BCUT2D eigenvalue weighted by Crippen LogP contribution is -2.31. The van der Waals surface area contributed by atoms with Crippen molar-refractivity contribution in [2.45, 2.75) is 11.8 Å². The Bertz CT molecular complexity index is 654. The van der Waals surface area contributed by atoms with Crippen molar-refractivity contribution in [1.29, 1.82) is 0 Å². The first kappa shape index (κ1) is 12.5. The minimum absolute atomic E-state index is 0.0739. The number of halogens is 1. The standard InChI is InChI=1S/C12H11FN2O2S/c1-10-4-6-12(7-5-10)18(16,17)14-15-8-2-3-11(13)9-15/h2-9H,1H3. The van der Waals surface area contributed by atoms with E-state index in [1.165, 1.54) is 30.5 Å². The van der Waals surface area contributed by atoms with Crippen LogP contribution in [0.1, 0.15) is 5.56 Å². The molecule has 0 unspecified atom stereocenters. The minimum atomic E-state index is -3.83. The number of rotatable bonds is 3. The van der Waals surface area contributed by atoms with Crippen molar-refractivity contribution >= 4 is 10.0 Å². The maximum Gasteiger partial charge on any atom is 0.201 e. The van der Waals surface area contributed by atoms with Crippen molar-refractivity contribution in [3.8, 4) is 0 Å². The van der Waals surface area contributed by atoms with Crippen molar-refractivity contribution < 1.29 is 17.5 Å². The molecule has 1 aromatic heterocycles. The molecule has 1 heterocycles. The first-order valence-corrected chi connectivity index (χ1v) is 6.63. The molecule has 18 heavy (non-hydrogen) atoms. The molecule has 1 aromatic carbocycles. The molecule has 0 bridgehead atoms. The molecule has 94 valence electrons. The molecule has 2 rings (SSSR count). The van der Waals surface area contributed by atoms with Crippen molar-refractivity contribution in [3.05, 3.63) is 65.0 Å². The van der Waals surface area contributed by atoms with Gasteiger partial charge in [0.05, 0.1) is 4.90 Å². The molecule has 2 aromatic rings. The van der Waals surface area contributed by atoms with Crippen LogP contribution in [-0.2, 0) is 10.0 Å². The fourth-order valence-electron chi connectivity index (χ4n) is 1.37. The summed E-state index contributed by atoms with van der Waals surface area (Å²) in [7, 11) is -3.83. The Morgan fingerprint density at radius 1 is 1.17 bits per heavy atom. The monoisotopic (exact) mass is 266 g/mol. The highest BCUT2D eigenvalue weighted by atomic mass is 32.2. The first-order chi connectivity index (χ1) is 8.47. The smallest absolute Gasteiger partial charge is 0.201 e. The molecule has 0 aliphatic carbocycles. The van der Waals surface area contributed by atoms with Gasteiger partial charge in [0.15, 0.2) is 22.0 Å². The summed E-state index contributed by atoms with van der Waals surface area (Å²) in [5.41, 5.74) is 0.951. The zero-order valence-electron chi connectivity index (χ0n) is 9.62. The van der Waals surface area contributed by atoms with E-state index in [1.807, 2.05) is 6.92 Å². The summed E-state index contributed by atoms with van der Waals surface area (Å²) in [6.07, 6.45) is 2.35. The third-order valence-corrected chi connectivity index (χ3v) is 3.54. The Kier molecular flexibility index (Phi) is 3.29. The van der Waals surface area contributed by atoms with Crippen LogP contribution in [0.15, 0.2) is 53.7 Å². The molecule has 0 atom stereocenters. The molecule has 6 heteroatoms. The van der Waals surface area contributed by atoms with Crippen LogP contribution in [0, 0.1) is 12.7 Å². The third kappa shape index (κ3) is 2.84. The van der Waals surface area contributed by atoms with Gasteiger partial charge in [0.1, 0.15) is 0 Å². The van der Waals surface area contributed by atoms with Crippen LogP contribution in [0.25, 0.3) is 4.83 Å². The second kappa shape index (κ2) is 4.73. The van der Waals surface area contributed by atoms with Gasteiger partial charge in [-0.15, -0.1) is 0 Å². The van der Waals surface area contributed by atoms with E-state index in [2.05, 4.69) is 4.83 Å². The first-order valence-electron chi connectivity index (χ1n) is 5.19. The molecule has 4 nitrogen and oxygen atoms in total. The Labute approximate surface area is 105 Å². The van der Waals surface area contributed by atoms with Crippen LogP contribution in [0.4, 0.5) is 4.39 Å². The van der Waals surface area contributed by atoms with Crippen LogP contribution in [0.2, 0.25) is 0 Å². The molecular formula is C12H11FN2O2S. The molecule has 0 amide bonds. The van der Waals surface area contributed by atoms with Gasteiger partial charge in [0.2, 0.25) is 6.20 Å². The van der Waals surface area contributed by atoms with Gasteiger partial charge in [-0.25, -0.2) is 17.5 Å². The molecule has 0 fully saturated rings. The molecule has 0 aliphatic heterocycles. The molecular weight excluding hydrogens is 255 g/mol. The van der Waals surface area contributed by atoms with E-state index >= 15 is 0 Å². The number of sulfonamides is 1. The zero-order chi connectivity index (χ0) is 13.2. The number of aryl methyl sites for hydroxylation is 1. The van der Waals surface area contributed by atoms with Crippen molar-refractivity contribution in [3.63, 3.8) is 0 Å². The molecule has 0 radical (unpaired) electrons. The Morgan fingerprint density at radius 3 is 2.44 bits per heavy atom. The quantitative estimate of drug-likeness (QED) is 0.797. The van der Waals surface area contributed by atoms with Crippen LogP contribution in [0.5, 0.6) is 0 Å². The lowest BCUT2D eigenvalue weighted by atomic mass is 10.2. The summed E-state index contributed by atoms with van der Waals surface area (Å²) in [5.74, 6) is -0.555. The van der Waals surface area contributed by atoms with Gasteiger partial charge in [-0.1, -0.05) is 17.7 Å². The maximum absolute atomic E-state index is 12.9. The van der Waals surface area contributed by atoms with Crippen LogP contribution >= 0.6 is 0 Å². The summed E-state index contributed by atoms with van der Waals surface area (Å²) < 4.78 is 37.7. The van der Waals surface area contributed by atoms with Crippen molar-refractivity contribution in [1.82, 2.24) is 0 Å². The highest BCUT2D eigenvalue weighted by molar-refractivity contribution is 7.93. The van der Waals surface area contributed by atoms with E-state index in [0.29, 0.717) is 0 Å². The molecule has 0 spiro atoms. The van der Waals surface area contributed by atoms with E-state index in [9.17, 15) is 12.8 Å². The summed E-state index contributed by atoms with van der Waals surface area (Å²) in [5, 5.41) is 0. The lowest BCUT2D eigenvalue weighted by Gasteiger charge is -2.14. The third-order valence-electron chi connectivity index (χ3n) is 2.27. The zero-order valence-corrected chi connectivity index (χ0v) is 10.4. The van der Waals surface area contributed by atoms with Crippen LogP contribution in [-0.4, -0.2) is 8.42 Å². The van der Waals surface area contributed by atoms with E-state index in [4.69, 9.17) is 0 Å².